The standard InChI is InChI=1S/C15H19N5O3/c1-9(12-4-3-7-23-12)17-15(22)11-8-16-20(10(11)2)13-5-6-14(21)19-18-13/h5-6,8-9,12H,3-4,7H2,1-2H3,(H,17,22)(H,19,21). The van der Waals surface area contributed by atoms with Gasteiger partial charge in [-0.05, 0) is 32.8 Å². The average Bonchev–Trinajstić information content (AvgIpc) is 3.18. The molecule has 2 aromatic heterocycles. The van der Waals surface area contributed by atoms with Crippen LogP contribution in [0.3, 0.4) is 0 Å². The van der Waals surface area contributed by atoms with E-state index in [0.717, 1.165) is 19.4 Å². The van der Waals surface area contributed by atoms with Crippen LogP contribution in [0.4, 0.5) is 0 Å². The zero-order chi connectivity index (χ0) is 16.4. The van der Waals surface area contributed by atoms with Gasteiger partial charge in [0, 0.05) is 12.7 Å². The third-order valence-electron chi connectivity index (χ3n) is 4.02. The van der Waals surface area contributed by atoms with Crippen LogP contribution in [0.2, 0.25) is 0 Å². The van der Waals surface area contributed by atoms with E-state index in [0.29, 0.717) is 17.1 Å². The number of hydrogen-bond donors (Lipinski definition) is 2. The van der Waals surface area contributed by atoms with Crippen LogP contribution in [0.15, 0.2) is 23.1 Å². The average molecular weight is 317 g/mol. The van der Waals surface area contributed by atoms with Crippen LogP contribution in [0.1, 0.15) is 35.8 Å². The minimum Gasteiger partial charge on any atom is -0.376 e. The van der Waals surface area contributed by atoms with Crippen LogP contribution in [0, 0.1) is 6.92 Å². The number of hydrogen-bond acceptors (Lipinski definition) is 5. The lowest BCUT2D eigenvalue weighted by Crippen LogP contribution is -2.41. The molecule has 3 heterocycles. The van der Waals surface area contributed by atoms with Gasteiger partial charge in [-0.25, -0.2) is 9.78 Å². The molecule has 8 heteroatoms. The highest BCUT2D eigenvalue weighted by Gasteiger charge is 2.25. The van der Waals surface area contributed by atoms with Gasteiger partial charge < -0.3 is 10.1 Å². The molecule has 0 saturated carbocycles. The van der Waals surface area contributed by atoms with Crippen LogP contribution >= 0.6 is 0 Å². The molecular weight excluding hydrogens is 298 g/mol. The summed E-state index contributed by atoms with van der Waals surface area (Å²) in [5.74, 6) is 0.259. The largest absolute Gasteiger partial charge is 0.376 e. The smallest absolute Gasteiger partial charge is 0.264 e. The van der Waals surface area contributed by atoms with Gasteiger partial charge in [-0.2, -0.15) is 10.2 Å². The third kappa shape index (κ3) is 3.16. The van der Waals surface area contributed by atoms with Crippen molar-refractivity contribution in [3.63, 3.8) is 0 Å². The summed E-state index contributed by atoms with van der Waals surface area (Å²) in [6.07, 6.45) is 3.55. The van der Waals surface area contributed by atoms with Crippen molar-refractivity contribution in [2.45, 2.75) is 38.8 Å². The Hall–Kier alpha value is -2.48. The van der Waals surface area contributed by atoms with E-state index in [1.54, 1.807) is 13.0 Å². The molecule has 0 bridgehead atoms. The highest BCUT2D eigenvalue weighted by Crippen LogP contribution is 2.17. The van der Waals surface area contributed by atoms with Crippen molar-refractivity contribution in [1.29, 1.82) is 0 Å². The lowest BCUT2D eigenvalue weighted by Gasteiger charge is -2.19. The van der Waals surface area contributed by atoms with Crippen LogP contribution in [0.5, 0.6) is 0 Å². The summed E-state index contributed by atoms with van der Waals surface area (Å²) in [6.45, 7) is 4.47. The van der Waals surface area contributed by atoms with Gasteiger partial charge in [0.25, 0.3) is 11.5 Å². The Morgan fingerprint density at radius 2 is 2.35 bits per heavy atom. The number of aromatic nitrogens is 4. The maximum Gasteiger partial charge on any atom is 0.264 e. The number of nitrogens with zero attached hydrogens (tertiary/aromatic N) is 3. The van der Waals surface area contributed by atoms with Gasteiger partial charge in [0.2, 0.25) is 0 Å². The Balaban J connectivity index is 1.76. The Bertz CT molecular complexity index is 740. The second-order valence-corrected chi connectivity index (χ2v) is 5.65. The Labute approximate surface area is 132 Å². The molecule has 2 aromatic rings. The molecule has 122 valence electrons. The fraction of sp³-hybridized carbons (Fsp3) is 0.467. The summed E-state index contributed by atoms with van der Waals surface area (Å²) in [4.78, 5) is 23.5. The first-order chi connectivity index (χ1) is 11.1. The lowest BCUT2D eigenvalue weighted by atomic mass is 10.1. The molecule has 1 aliphatic heterocycles. The van der Waals surface area contributed by atoms with Crippen LogP contribution in [0.25, 0.3) is 5.82 Å². The number of rotatable bonds is 4. The number of carbonyl (C=O) groups is 1. The van der Waals surface area contributed by atoms with Crippen molar-refractivity contribution in [1.82, 2.24) is 25.3 Å². The molecule has 0 aliphatic carbocycles. The number of nitrogens with one attached hydrogen (secondary N) is 2. The van der Waals surface area contributed by atoms with Crippen molar-refractivity contribution in [2.24, 2.45) is 0 Å². The van der Waals surface area contributed by atoms with Crippen molar-refractivity contribution < 1.29 is 9.53 Å². The zero-order valence-electron chi connectivity index (χ0n) is 13.1. The molecule has 0 spiro atoms. The molecule has 8 nitrogen and oxygen atoms in total. The van der Waals surface area contributed by atoms with E-state index in [1.165, 1.54) is 16.9 Å². The highest BCUT2D eigenvalue weighted by atomic mass is 16.5. The molecule has 1 fully saturated rings. The second kappa shape index (κ2) is 6.33. The van der Waals surface area contributed by atoms with E-state index in [9.17, 15) is 9.59 Å². The summed E-state index contributed by atoms with van der Waals surface area (Å²) in [7, 11) is 0. The number of H-pyrrole nitrogens is 1. The zero-order valence-corrected chi connectivity index (χ0v) is 13.1. The maximum atomic E-state index is 12.4. The first-order valence-corrected chi connectivity index (χ1v) is 7.59. The molecule has 3 rings (SSSR count). The highest BCUT2D eigenvalue weighted by molar-refractivity contribution is 5.95. The number of carbonyl (C=O) groups excluding carboxylic acids is 1. The van der Waals surface area contributed by atoms with Gasteiger partial charge in [-0.3, -0.25) is 9.59 Å². The van der Waals surface area contributed by atoms with Crippen molar-refractivity contribution in [3.05, 3.63) is 39.9 Å². The Morgan fingerprint density at radius 1 is 1.52 bits per heavy atom. The monoisotopic (exact) mass is 317 g/mol. The van der Waals surface area contributed by atoms with E-state index in [1.807, 2.05) is 6.92 Å². The predicted molar refractivity (Wildman–Crippen MR) is 82.6 cm³/mol. The number of aromatic amines is 1. The van der Waals surface area contributed by atoms with Crippen molar-refractivity contribution in [3.8, 4) is 5.82 Å². The lowest BCUT2D eigenvalue weighted by molar-refractivity contribution is 0.0712. The third-order valence-corrected chi connectivity index (χ3v) is 4.02. The van der Waals surface area contributed by atoms with Gasteiger partial charge >= 0.3 is 0 Å². The molecule has 23 heavy (non-hydrogen) atoms. The normalized spacial score (nSPS) is 18.8. The first-order valence-electron chi connectivity index (χ1n) is 7.59. The Kier molecular flexibility index (Phi) is 4.24. The predicted octanol–water partition coefficient (Wildman–Crippen LogP) is 0.561. The summed E-state index contributed by atoms with van der Waals surface area (Å²) in [5, 5.41) is 13.4. The fourth-order valence-electron chi connectivity index (χ4n) is 2.69. The van der Waals surface area contributed by atoms with Gasteiger partial charge in [0.05, 0.1) is 29.6 Å². The maximum absolute atomic E-state index is 12.4. The number of ether oxygens (including phenoxy) is 1. The number of amides is 1. The molecule has 0 aromatic carbocycles. The second-order valence-electron chi connectivity index (χ2n) is 5.65. The fourth-order valence-corrected chi connectivity index (χ4v) is 2.69. The molecule has 2 N–H and O–H groups in total. The minimum absolute atomic E-state index is 0.0565. The van der Waals surface area contributed by atoms with E-state index in [4.69, 9.17) is 4.74 Å². The van der Waals surface area contributed by atoms with Gasteiger partial charge in [0.15, 0.2) is 5.82 Å². The summed E-state index contributed by atoms with van der Waals surface area (Å²) in [5.41, 5.74) is 0.839. The van der Waals surface area contributed by atoms with Gasteiger partial charge in [-0.1, -0.05) is 0 Å². The first kappa shape index (κ1) is 15.4. The topological polar surface area (TPSA) is 102 Å². The van der Waals surface area contributed by atoms with E-state index in [-0.39, 0.29) is 23.6 Å². The van der Waals surface area contributed by atoms with E-state index in [2.05, 4.69) is 20.6 Å². The van der Waals surface area contributed by atoms with Crippen LogP contribution < -0.4 is 10.9 Å². The summed E-state index contributed by atoms with van der Waals surface area (Å²) < 4.78 is 7.10. The quantitative estimate of drug-likeness (QED) is 0.858. The molecular formula is C15H19N5O3. The van der Waals surface area contributed by atoms with Gasteiger partial charge in [-0.15, -0.1) is 0 Å². The van der Waals surface area contributed by atoms with Crippen LogP contribution in [-0.4, -0.2) is 44.6 Å². The molecule has 1 amide bonds. The molecule has 1 saturated heterocycles. The van der Waals surface area contributed by atoms with Crippen molar-refractivity contribution in [2.75, 3.05) is 6.61 Å². The minimum atomic E-state index is -0.290. The van der Waals surface area contributed by atoms with Crippen molar-refractivity contribution >= 4 is 5.91 Å². The SMILES string of the molecule is Cc1c(C(=O)NC(C)C2CCCO2)cnn1-c1ccc(=O)[nH]n1. The van der Waals surface area contributed by atoms with Gasteiger partial charge in [0.1, 0.15) is 0 Å². The van der Waals surface area contributed by atoms with Crippen LogP contribution in [-0.2, 0) is 4.74 Å². The summed E-state index contributed by atoms with van der Waals surface area (Å²) >= 11 is 0. The van der Waals surface area contributed by atoms with E-state index >= 15 is 0 Å². The molecule has 2 atom stereocenters. The molecule has 1 aliphatic rings. The molecule has 0 radical (unpaired) electrons. The summed E-state index contributed by atoms with van der Waals surface area (Å²) in [6, 6.07) is 2.86. The Morgan fingerprint density at radius 3 is 3.00 bits per heavy atom. The van der Waals surface area contributed by atoms with E-state index < -0.39 is 0 Å². The molecule has 2 unspecified atom stereocenters.